The zero-order valence-corrected chi connectivity index (χ0v) is 7.19. The quantitative estimate of drug-likeness (QED) is 0.715. The number of nitrogen functional groups attached to an aromatic ring is 1. The van der Waals surface area contributed by atoms with E-state index in [1.807, 2.05) is 19.1 Å². The van der Waals surface area contributed by atoms with Crippen molar-refractivity contribution in [2.24, 2.45) is 0 Å². The molecule has 0 radical (unpaired) electrons. The highest BCUT2D eigenvalue weighted by atomic mass is 16.5. The Morgan fingerprint density at radius 3 is 2.77 bits per heavy atom. The van der Waals surface area contributed by atoms with Crippen molar-refractivity contribution in [2.45, 2.75) is 6.92 Å². The van der Waals surface area contributed by atoms with Crippen LogP contribution in [0.2, 0.25) is 0 Å². The lowest BCUT2D eigenvalue weighted by molar-refractivity contribution is 0.439. The second-order valence-electron chi connectivity index (χ2n) is 2.83. The maximum atomic E-state index is 5.40. The van der Waals surface area contributed by atoms with Gasteiger partial charge in [0.15, 0.2) is 0 Å². The van der Waals surface area contributed by atoms with Gasteiger partial charge >= 0.3 is 0 Å². The first kappa shape index (κ1) is 7.79. The molecular weight excluding hydrogens is 166 g/mol. The Labute approximate surface area is 75.4 Å². The summed E-state index contributed by atoms with van der Waals surface area (Å²) in [7, 11) is 0. The molecule has 4 nitrogen and oxygen atoms in total. The van der Waals surface area contributed by atoms with Gasteiger partial charge in [-0.3, -0.25) is 4.98 Å². The fourth-order valence-electron chi connectivity index (χ4n) is 1.09. The monoisotopic (exact) mass is 175 g/mol. The van der Waals surface area contributed by atoms with Gasteiger partial charge in [-0.25, -0.2) is 0 Å². The zero-order chi connectivity index (χ0) is 9.26. The van der Waals surface area contributed by atoms with E-state index in [9.17, 15) is 0 Å². The van der Waals surface area contributed by atoms with Crippen LogP contribution in [0.4, 0.5) is 5.88 Å². The first-order chi connectivity index (χ1) is 6.25. The van der Waals surface area contributed by atoms with Crippen LogP contribution in [0.25, 0.3) is 11.4 Å². The Balaban J connectivity index is 2.46. The molecule has 0 fully saturated rings. The van der Waals surface area contributed by atoms with Gasteiger partial charge < -0.3 is 10.3 Å². The summed E-state index contributed by atoms with van der Waals surface area (Å²) >= 11 is 0. The fourth-order valence-corrected chi connectivity index (χ4v) is 1.09. The SMILES string of the molecule is Cc1ccnc(-c2cc(N)on2)c1. The van der Waals surface area contributed by atoms with Gasteiger partial charge in [0.2, 0.25) is 5.88 Å². The van der Waals surface area contributed by atoms with Crippen LogP contribution >= 0.6 is 0 Å². The minimum absolute atomic E-state index is 0.304. The molecule has 0 spiro atoms. The average Bonchev–Trinajstić information content (AvgIpc) is 2.52. The summed E-state index contributed by atoms with van der Waals surface area (Å²) in [6.45, 7) is 1.99. The van der Waals surface area contributed by atoms with Crippen LogP contribution in [0.3, 0.4) is 0 Å². The van der Waals surface area contributed by atoms with Gasteiger partial charge in [-0.1, -0.05) is 5.16 Å². The van der Waals surface area contributed by atoms with Crippen molar-refractivity contribution in [3.63, 3.8) is 0 Å². The Hall–Kier alpha value is -1.84. The Kier molecular flexibility index (Phi) is 1.73. The van der Waals surface area contributed by atoms with Crippen molar-refractivity contribution < 1.29 is 4.52 Å². The van der Waals surface area contributed by atoms with Crippen molar-refractivity contribution in [3.8, 4) is 11.4 Å². The van der Waals surface area contributed by atoms with Crippen LogP contribution in [0, 0.1) is 6.92 Å². The van der Waals surface area contributed by atoms with Crippen molar-refractivity contribution in [1.29, 1.82) is 0 Å². The first-order valence-corrected chi connectivity index (χ1v) is 3.91. The molecule has 0 aromatic carbocycles. The third-order valence-corrected chi connectivity index (χ3v) is 1.71. The Morgan fingerprint density at radius 1 is 1.31 bits per heavy atom. The Morgan fingerprint density at radius 2 is 2.15 bits per heavy atom. The predicted octanol–water partition coefficient (Wildman–Crippen LogP) is 1.63. The van der Waals surface area contributed by atoms with Crippen LogP contribution in [0.1, 0.15) is 5.56 Å². The summed E-state index contributed by atoms with van der Waals surface area (Å²) in [6.07, 6.45) is 1.73. The molecule has 0 aliphatic rings. The van der Waals surface area contributed by atoms with Gasteiger partial charge in [-0.05, 0) is 24.6 Å². The molecule has 66 valence electrons. The van der Waals surface area contributed by atoms with E-state index in [0.717, 1.165) is 11.3 Å². The van der Waals surface area contributed by atoms with Crippen LogP contribution < -0.4 is 5.73 Å². The first-order valence-electron chi connectivity index (χ1n) is 3.91. The van der Waals surface area contributed by atoms with E-state index >= 15 is 0 Å². The minimum Gasteiger partial charge on any atom is -0.368 e. The lowest BCUT2D eigenvalue weighted by Crippen LogP contribution is -1.83. The molecule has 2 aromatic heterocycles. The molecule has 0 saturated carbocycles. The van der Waals surface area contributed by atoms with E-state index < -0.39 is 0 Å². The average molecular weight is 175 g/mol. The standard InChI is InChI=1S/C9H9N3O/c1-6-2-3-11-7(4-6)8-5-9(10)13-12-8/h2-5H,10H2,1H3. The highest BCUT2D eigenvalue weighted by Gasteiger charge is 2.04. The molecule has 0 saturated heterocycles. The highest BCUT2D eigenvalue weighted by Crippen LogP contribution is 2.18. The number of anilines is 1. The topological polar surface area (TPSA) is 64.9 Å². The normalized spacial score (nSPS) is 10.2. The Bertz CT molecular complexity index is 422. The molecule has 4 heteroatoms. The van der Waals surface area contributed by atoms with E-state index in [-0.39, 0.29) is 0 Å². The van der Waals surface area contributed by atoms with Crippen molar-refractivity contribution in [2.75, 3.05) is 5.73 Å². The summed E-state index contributed by atoms with van der Waals surface area (Å²) in [5, 5.41) is 3.76. The molecule has 13 heavy (non-hydrogen) atoms. The molecule has 0 amide bonds. The molecule has 2 rings (SSSR count). The number of aryl methyl sites for hydroxylation is 1. The number of hydrogen-bond acceptors (Lipinski definition) is 4. The summed E-state index contributed by atoms with van der Waals surface area (Å²) in [5.74, 6) is 0.304. The van der Waals surface area contributed by atoms with Crippen LogP contribution in [-0.4, -0.2) is 10.1 Å². The highest BCUT2D eigenvalue weighted by molar-refractivity contribution is 5.57. The van der Waals surface area contributed by atoms with Crippen molar-refractivity contribution in [1.82, 2.24) is 10.1 Å². The third kappa shape index (κ3) is 1.51. The maximum Gasteiger partial charge on any atom is 0.222 e. The number of nitrogens with zero attached hydrogens (tertiary/aromatic N) is 2. The van der Waals surface area contributed by atoms with Gasteiger partial charge in [-0.2, -0.15) is 0 Å². The molecule has 2 N–H and O–H groups in total. The van der Waals surface area contributed by atoms with Gasteiger partial charge in [0.1, 0.15) is 5.69 Å². The number of nitrogens with two attached hydrogens (primary N) is 1. The van der Waals surface area contributed by atoms with Crippen LogP contribution in [0.5, 0.6) is 0 Å². The molecule has 2 aromatic rings. The lowest BCUT2D eigenvalue weighted by atomic mass is 10.2. The zero-order valence-electron chi connectivity index (χ0n) is 7.19. The molecule has 0 bridgehead atoms. The van der Waals surface area contributed by atoms with Gasteiger partial charge in [0.25, 0.3) is 0 Å². The molecule has 2 heterocycles. The fraction of sp³-hybridized carbons (Fsp3) is 0.111. The van der Waals surface area contributed by atoms with E-state index in [1.165, 1.54) is 0 Å². The molecule has 0 atom stereocenters. The van der Waals surface area contributed by atoms with Crippen molar-refractivity contribution >= 4 is 5.88 Å². The molecule has 0 unspecified atom stereocenters. The summed E-state index contributed by atoms with van der Waals surface area (Å²) < 4.78 is 4.75. The van der Waals surface area contributed by atoms with Crippen LogP contribution in [0.15, 0.2) is 28.9 Å². The lowest BCUT2D eigenvalue weighted by Gasteiger charge is -1.94. The second kappa shape index (κ2) is 2.90. The van der Waals surface area contributed by atoms with E-state index in [4.69, 9.17) is 10.3 Å². The molecule has 0 aliphatic carbocycles. The summed E-state index contributed by atoms with van der Waals surface area (Å²) in [6, 6.07) is 5.51. The number of aromatic nitrogens is 2. The number of hydrogen-bond donors (Lipinski definition) is 1. The van der Waals surface area contributed by atoms with E-state index in [0.29, 0.717) is 11.6 Å². The largest absolute Gasteiger partial charge is 0.368 e. The van der Waals surface area contributed by atoms with E-state index in [2.05, 4.69) is 10.1 Å². The van der Waals surface area contributed by atoms with Gasteiger partial charge in [0, 0.05) is 12.3 Å². The third-order valence-electron chi connectivity index (χ3n) is 1.71. The molecule has 0 aliphatic heterocycles. The van der Waals surface area contributed by atoms with Crippen LogP contribution in [-0.2, 0) is 0 Å². The van der Waals surface area contributed by atoms with Gasteiger partial charge in [-0.15, -0.1) is 0 Å². The number of rotatable bonds is 1. The van der Waals surface area contributed by atoms with Gasteiger partial charge in [0.05, 0.1) is 5.69 Å². The number of pyridine rings is 1. The second-order valence-corrected chi connectivity index (χ2v) is 2.83. The smallest absolute Gasteiger partial charge is 0.222 e. The minimum atomic E-state index is 0.304. The van der Waals surface area contributed by atoms with Crippen molar-refractivity contribution in [3.05, 3.63) is 30.0 Å². The van der Waals surface area contributed by atoms with E-state index in [1.54, 1.807) is 12.3 Å². The summed E-state index contributed by atoms with van der Waals surface area (Å²) in [4.78, 5) is 4.15. The molecular formula is C9H9N3O. The maximum absolute atomic E-state index is 5.40. The summed E-state index contributed by atoms with van der Waals surface area (Å²) in [5.41, 5.74) is 7.97. The predicted molar refractivity (Wildman–Crippen MR) is 48.9 cm³/mol.